The van der Waals surface area contributed by atoms with Crippen molar-refractivity contribution in [1.29, 1.82) is 0 Å². The van der Waals surface area contributed by atoms with Crippen molar-refractivity contribution in [3.63, 3.8) is 0 Å². The molecule has 0 N–H and O–H groups in total. The van der Waals surface area contributed by atoms with Crippen molar-refractivity contribution in [3.05, 3.63) is 120 Å². The number of aliphatic carboxylic acids is 1. The number of aromatic nitrogens is 4. The topological polar surface area (TPSA) is 121 Å². The van der Waals surface area contributed by atoms with Crippen molar-refractivity contribution in [2.45, 2.75) is 39.2 Å². The van der Waals surface area contributed by atoms with Crippen molar-refractivity contribution in [2.75, 3.05) is 13.1 Å². The number of carbonyl (C=O) groups excluding carboxylic acids is 1. The quantitative estimate of drug-likeness (QED) is 0.211. The molecule has 4 aromatic heterocycles. The Labute approximate surface area is 261 Å². The number of rotatable bonds is 12. The third kappa shape index (κ3) is 14.5. The van der Waals surface area contributed by atoms with Crippen molar-refractivity contribution in [3.8, 4) is 0 Å². The average molecular weight is 643 g/mol. The van der Waals surface area contributed by atoms with Gasteiger partial charge >= 0.3 is 0 Å². The first-order chi connectivity index (χ1) is 18.5. The molecule has 0 saturated heterocycles. The fraction of sp³-hybridized carbons (Fsp3) is 0.276. The Morgan fingerprint density at radius 3 is 1.07 bits per heavy atom. The van der Waals surface area contributed by atoms with Crippen molar-refractivity contribution < 1.29 is 54.0 Å². The zero-order valence-electron chi connectivity index (χ0n) is 22.9. The maximum atomic E-state index is 13.3. The van der Waals surface area contributed by atoms with Crippen molar-refractivity contribution in [2.24, 2.45) is 0 Å². The summed E-state index contributed by atoms with van der Waals surface area (Å²) in [5.41, 5.74) is 3.74. The van der Waals surface area contributed by atoms with Crippen LogP contribution in [0.25, 0.3) is 0 Å². The molecule has 0 aliphatic carbocycles. The molecule has 40 heavy (non-hydrogen) atoms. The van der Waals surface area contributed by atoms with E-state index in [1.807, 2.05) is 72.8 Å². The molecule has 0 amide bonds. The van der Waals surface area contributed by atoms with E-state index < -0.39 is 12.1 Å². The summed E-state index contributed by atoms with van der Waals surface area (Å²) in [5, 5.41) is 22.2. The monoisotopic (exact) mass is 640 g/mol. The Kier molecular flexibility index (Phi) is 17.7. The molecule has 0 aromatic carbocycles. The van der Waals surface area contributed by atoms with Gasteiger partial charge in [0.25, 0.3) is 0 Å². The van der Waals surface area contributed by atoms with Gasteiger partial charge in [-0.05, 0) is 68.5 Å². The predicted molar refractivity (Wildman–Crippen MR) is 140 cm³/mol. The molecule has 0 atom stereocenters. The normalized spacial score (nSPS) is 10.3. The summed E-state index contributed by atoms with van der Waals surface area (Å²) in [6.45, 7) is 4.11. The molecule has 0 saturated carbocycles. The molecule has 202 valence electrons. The van der Waals surface area contributed by atoms with Gasteiger partial charge in [-0.15, -0.1) is 6.10 Å². The second-order valence-electron chi connectivity index (χ2n) is 8.74. The minimum atomic E-state index is -1.08. The summed E-state index contributed by atoms with van der Waals surface area (Å²) in [6, 6.07) is 23.4. The van der Waals surface area contributed by atoms with Gasteiger partial charge in [-0.3, -0.25) is 29.7 Å². The van der Waals surface area contributed by atoms with Crippen LogP contribution in [0.5, 0.6) is 0 Å². The van der Waals surface area contributed by atoms with E-state index in [0.717, 1.165) is 29.7 Å². The van der Waals surface area contributed by atoms with Crippen molar-refractivity contribution >= 4 is 5.97 Å². The fourth-order valence-electron chi connectivity index (χ4n) is 3.89. The second kappa shape index (κ2) is 20.1. The van der Waals surface area contributed by atoms with E-state index in [9.17, 15) is 5.11 Å². The molecule has 0 bridgehead atoms. The zero-order valence-corrected chi connectivity index (χ0v) is 28.8. The average Bonchev–Trinajstić information content (AvgIpc) is 2.90. The van der Waals surface area contributed by atoms with E-state index in [1.165, 1.54) is 0 Å². The molecule has 0 fully saturated rings. The van der Waals surface area contributed by atoms with Gasteiger partial charge in [0.2, 0.25) is 0 Å². The Morgan fingerprint density at radius 2 is 0.875 bits per heavy atom. The number of carbonyl (C=O) groups is 1. The predicted octanol–water partition coefficient (Wildman–Crippen LogP) is 1.45. The third-order valence-corrected chi connectivity index (χ3v) is 5.37. The maximum absolute atomic E-state index is 13.3. The van der Waals surface area contributed by atoms with Gasteiger partial charge in [0.05, 0.1) is 22.8 Å². The van der Waals surface area contributed by atoms with E-state index in [1.54, 1.807) is 24.8 Å². The smallest absolute Gasteiger partial charge is 0.0544 e. The first kappa shape index (κ1) is 35.2. The molecule has 4 aromatic rings. The molecule has 0 aliphatic heterocycles. The Balaban J connectivity index is 0.00000125. The molecular weight excluding hydrogens is 611 g/mol. The third-order valence-electron chi connectivity index (χ3n) is 5.37. The van der Waals surface area contributed by atoms with Crippen LogP contribution in [0.15, 0.2) is 97.6 Å². The molecule has 0 spiro atoms. The number of carboxylic acid groups (broad SMARTS) is 1. The summed E-state index contributed by atoms with van der Waals surface area (Å²) in [6.07, 6.45) is 6.31. The van der Waals surface area contributed by atoms with Gasteiger partial charge in [-0.25, -0.2) is 0 Å². The number of hydrogen-bond acceptors (Lipinski definition) is 9. The molecule has 4 heterocycles. The second-order valence-corrected chi connectivity index (χ2v) is 8.74. The van der Waals surface area contributed by atoms with Crippen LogP contribution in [0.3, 0.4) is 0 Å². The molecule has 0 radical (unpaired) electrons. The van der Waals surface area contributed by atoms with Crippen LogP contribution in [0.4, 0.5) is 0 Å². The summed E-state index contributed by atoms with van der Waals surface area (Å²) in [4.78, 5) is 30.9. The molecule has 11 heteroatoms. The Hall–Kier alpha value is -2.80. The Morgan fingerprint density at radius 1 is 0.625 bits per heavy atom. The number of nitrogens with zero attached hydrogens (tertiary/aromatic N) is 6. The minimum absolute atomic E-state index is 0. The zero-order chi connectivity index (χ0) is 27.0. The molecule has 0 aliphatic rings. The van der Waals surface area contributed by atoms with Crippen LogP contribution in [0.1, 0.15) is 29.7 Å². The first-order valence-electron chi connectivity index (χ1n) is 12.4. The summed E-state index contributed by atoms with van der Waals surface area (Å²) >= 11 is 0. The SMILES string of the molecule is CC(=O)[O-].[O-]C(CN(Cc1ccccn1)Cc1ccccn1)CN(Cc1ccccn1)Cc1ccccn1.[Zn].[Zn]. The molecular formula is C29H32N6O3Zn2-2. The standard InChI is InChI=1S/C27H29N6O.C2H4O2.2Zn/c34-27(21-32(17-23-9-1-5-13-28-23)18-24-10-2-6-14-29-24)22-33(19-25-11-3-7-15-30-25)20-26-12-4-8-16-31-26;1-2(3)4;;/h1-16,27H,17-22H2;1H3,(H,3,4);;/q-1;;;/p-1. The van der Waals surface area contributed by atoms with Crippen LogP contribution >= 0.6 is 0 Å². The van der Waals surface area contributed by atoms with E-state index in [0.29, 0.717) is 39.3 Å². The largest absolute Gasteiger partial charge is 0.850 e. The molecule has 0 unspecified atom stereocenters. The first-order valence-corrected chi connectivity index (χ1v) is 12.4. The van der Waals surface area contributed by atoms with Crippen molar-refractivity contribution in [1.82, 2.24) is 29.7 Å². The minimum Gasteiger partial charge on any atom is -0.850 e. The molecule has 4 rings (SSSR count). The fourth-order valence-corrected chi connectivity index (χ4v) is 3.89. The van der Waals surface area contributed by atoms with Crippen LogP contribution in [0, 0.1) is 0 Å². The van der Waals surface area contributed by atoms with E-state index in [4.69, 9.17) is 9.90 Å². The van der Waals surface area contributed by atoms with Crippen LogP contribution in [-0.4, -0.2) is 54.9 Å². The van der Waals surface area contributed by atoms with Crippen LogP contribution in [0.2, 0.25) is 0 Å². The van der Waals surface area contributed by atoms with Crippen LogP contribution in [-0.2, 0) is 69.9 Å². The van der Waals surface area contributed by atoms with Gasteiger partial charge in [-0.2, -0.15) is 0 Å². The number of pyridine rings is 4. The number of hydrogen-bond donors (Lipinski definition) is 0. The number of carboxylic acids is 1. The Bertz CT molecular complexity index is 1020. The molecule has 9 nitrogen and oxygen atoms in total. The van der Waals surface area contributed by atoms with Gasteiger partial charge in [-0.1, -0.05) is 24.3 Å². The summed E-state index contributed by atoms with van der Waals surface area (Å²) in [7, 11) is 0. The van der Waals surface area contributed by atoms with Gasteiger partial charge in [0.1, 0.15) is 0 Å². The maximum Gasteiger partial charge on any atom is 0.0544 e. The summed E-state index contributed by atoms with van der Waals surface area (Å²) in [5.74, 6) is -1.08. The van der Waals surface area contributed by atoms with E-state index in [2.05, 4.69) is 29.7 Å². The van der Waals surface area contributed by atoms with Gasteiger partial charge in [0.15, 0.2) is 0 Å². The van der Waals surface area contributed by atoms with Crippen LogP contribution < -0.4 is 10.2 Å². The van der Waals surface area contributed by atoms with Gasteiger partial charge < -0.3 is 15.0 Å². The summed E-state index contributed by atoms with van der Waals surface area (Å²) < 4.78 is 0. The van der Waals surface area contributed by atoms with E-state index >= 15 is 0 Å². The van der Waals surface area contributed by atoms with Gasteiger partial charge in [0, 0.05) is 95.9 Å². The van der Waals surface area contributed by atoms with E-state index in [-0.39, 0.29) is 39.0 Å².